The molecule has 1 aliphatic rings. The lowest BCUT2D eigenvalue weighted by molar-refractivity contribution is -0.119. The Morgan fingerprint density at radius 3 is 2.50 bits per heavy atom. The fourth-order valence-corrected chi connectivity index (χ4v) is 0.837. The van der Waals surface area contributed by atoms with Gasteiger partial charge in [-0.05, 0) is 0 Å². The Hall–Kier alpha value is -1.71. The summed E-state index contributed by atoms with van der Waals surface area (Å²) in [6.07, 6.45) is 2.37. The quantitative estimate of drug-likeness (QED) is 0.323. The molecule has 0 saturated carbocycles. The zero-order valence-corrected chi connectivity index (χ0v) is 6.37. The standard InChI is InChI=1S/C8H6O4/c1-12-7-3-6(10)2-5(4-9)8(7)11/h2-4H,1H3. The summed E-state index contributed by atoms with van der Waals surface area (Å²) in [5, 5.41) is 0. The summed E-state index contributed by atoms with van der Waals surface area (Å²) in [6, 6.07) is 0. The third kappa shape index (κ3) is 1.32. The van der Waals surface area contributed by atoms with Crippen molar-refractivity contribution in [1.29, 1.82) is 0 Å². The minimum Gasteiger partial charge on any atom is -0.492 e. The molecule has 62 valence electrons. The molecule has 4 heteroatoms. The van der Waals surface area contributed by atoms with Crippen LogP contribution in [0.4, 0.5) is 0 Å². The fraction of sp³-hybridized carbons (Fsp3) is 0.125. The van der Waals surface area contributed by atoms with Crippen LogP contribution in [0.2, 0.25) is 0 Å². The van der Waals surface area contributed by atoms with E-state index in [4.69, 9.17) is 0 Å². The summed E-state index contributed by atoms with van der Waals surface area (Å²) in [5.74, 6) is -1.05. The van der Waals surface area contributed by atoms with Crippen molar-refractivity contribution in [3.8, 4) is 0 Å². The van der Waals surface area contributed by atoms with Crippen molar-refractivity contribution in [1.82, 2.24) is 0 Å². The minimum absolute atomic E-state index is 0.0930. The van der Waals surface area contributed by atoms with Crippen LogP contribution in [0, 0.1) is 0 Å². The van der Waals surface area contributed by atoms with Gasteiger partial charge in [0.25, 0.3) is 0 Å². The maximum Gasteiger partial charge on any atom is 0.231 e. The third-order valence-electron chi connectivity index (χ3n) is 1.40. The maximum absolute atomic E-state index is 11.1. The van der Waals surface area contributed by atoms with Gasteiger partial charge in [-0.3, -0.25) is 14.4 Å². The van der Waals surface area contributed by atoms with E-state index in [9.17, 15) is 14.4 Å². The number of rotatable bonds is 2. The number of carbonyl (C=O) groups is 3. The number of allylic oxidation sites excluding steroid dienone is 3. The lowest BCUT2D eigenvalue weighted by Crippen LogP contribution is -2.16. The van der Waals surface area contributed by atoms with Crippen LogP contribution in [0.3, 0.4) is 0 Å². The molecule has 0 atom stereocenters. The van der Waals surface area contributed by atoms with E-state index in [1.165, 1.54) is 7.11 Å². The normalized spacial score (nSPS) is 16.8. The van der Waals surface area contributed by atoms with Crippen molar-refractivity contribution in [3.63, 3.8) is 0 Å². The van der Waals surface area contributed by atoms with Gasteiger partial charge in [0.05, 0.1) is 12.7 Å². The Balaban J connectivity index is 3.05. The molecule has 0 radical (unpaired) electrons. The molecule has 0 fully saturated rings. The van der Waals surface area contributed by atoms with Crippen molar-refractivity contribution >= 4 is 17.9 Å². The van der Waals surface area contributed by atoms with Crippen molar-refractivity contribution < 1.29 is 19.1 Å². The number of methoxy groups -OCH3 is 1. The van der Waals surface area contributed by atoms with Gasteiger partial charge in [-0.2, -0.15) is 0 Å². The Kier molecular flexibility index (Phi) is 2.19. The van der Waals surface area contributed by atoms with Crippen LogP contribution in [0.1, 0.15) is 0 Å². The summed E-state index contributed by atoms with van der Waals surface area (Å²) in [4.78, 5) is 32.1. The van der Waals surface area contributed by atoms with Gasteiger partial charge < -0.3 is 4.74 Å². The Morgan fingerprint density at radius 1 is 1.33 bits per heavy atom. The van der Waals surface area contributed by atoms with E-state index in [-0.39, 0.29) is 11.3 Å². The van der Waals surface area contributed by atoms with E-state index in [1.54, 1.807) is 0 Å². The van der Waals surface area contributed by atoms with Crippen LogP contribution in [0.25, 0.3) is 0 Å². The molecule has 0 spiro atoms. The largest absolute Gasteiger partial charge is 0.492 e. The van der Waals surface area contributed by atoms with Crippen molar-refractivity contribution in [2.24, 2.45) is 0 Å². The molecule has 1 aliphatic carbocycles. The molecule has 4 nitrogen and oxygen atoms in total. The highest BCUT2D eigenvalue weighted by Crippen LogP contribution is 2.10. The first-order valence-corrected chi connectivity index (χ1v) is 3.20. The molecular formula is C8H6O4. The number of ether oxygens (including phenoxy) is 1. The van der Waals surface area contributed by atoms with E-state index in [0.717, 1.165) is 12.2 Å². The molecule has 0 aromatic heterocycles. The zero-order chi connectivity index (χ0) is 9.14. The highest BCUT2D eigenvalue weighted by atomic mass is 16.5. The van der Waals surface area contributed by atoms with Gasteiger partial charge in [-0.25, -0.2) is 0 Å². The summed E-state index contributed by atoms with van der Waals surface area (Å²) in [5.41, 5.74) is -0.167. The zero-order valence-electron chi connectivity index (χ0n) is 6.37. The molecule has 12 heavy (non-hydrogen) atoms. The monoisotopic (exact) mass is 166 g/mol. The second-order valence-electron chi connectivity index (χ2n) is 2.16. The Morgan fingerprint density at radius 2 is 2.00 bits per heavy atom. The summed E-state index contributed by atoms with van der Waals surface area (Å²) < 4.78 is 4.60. The number of aldehydes is 1. The molecular weight excluding hydrogens is 160 g/mol. The first-order valence-electron chi connectivity index (χ1n) is 3.20. The lowest BCUT2D eigenvalue weighted by atomic mass is 10.0. The van der Waals surface area contributed by atoms with Gasteiger partial charge in [0.2, 0.25) is 5.78 Å². The highest BCUT2D eigenvalue weighted by molar-refractivity contribution is 6.27. The predicted octanol–water partition coefficient (Wildman–Crippen LogP) is -0.206. The average Bonchev–Trinajstić information content (AvgIpc) is 2.08. The smallest absolute Gasteiger partial charge is 0.231 e. The van der Waals surface area contributed by atoms with Crippen LogP contribution >= 0.6 is 0 Å². The first kappa shape index (κ1) is 8.39. The molecule has 0 aromatic carbocycles. The molecule has 0 aliphatic heterocycles. The molecule has 0 bridgehead atoms. The maximum atomic E-state index is 11.1. The van der Waals surface area contributed by atoms with E-state index in [2.05, 4.69) is 4.74 Å². The van der Waals surface area contributed by atoms with Gasteiger partial charge in [-0.1, -0.05) is 0 Å². The van der Waals surface area contributed by atoms with Gasteiger partial charge in [0.15, 0.2) is 17.8 Å². The van der Waals surface area contributed by atoms with Crippen molar-refractivity contribution in [2.45, 2.75) is 0 Å². The predicted molar refractivity (Wildman–Crippen MR) is 39.3 cm³/mol. The minimum atomic E-state index is -0.549. The van der Waals surface area contributed by atoms with E-state index < -0.39 is 11.6 Å². The van der Waals surface area contributed by atoms with E-state index >= 15 is 0 Å². The van der Waals surface area contributed by atoms with Gasteiger partial charge >= 0.3 is 0 Å². The lowest BCUT2D eigenvalue weighted by Gasteiger charge is -2.07. The molecule has 0 N–H and O–H groups in total. The summed E-state index contributed by atoms with van der Waals surface area (Å²) in [7, 11) is 1.27. The highest BCUT2D eigenvalue weighted by Gasteiger charge is 2.21. The van der Waals surface area contributed by atoms with Crippen LogP contribution in [0.5, 0.6) is 0 Å². The first-order chi connectivity index (χ1) is 5.69. The Bertz CT molecular complexity index is 309. The third-order valence-corrected chi connectivity index (χ3v) is 1.40. The molecule has 0 aromatic rings. The number of Topliss-reactive ketones (excluding diaryl/α,β-unsaturated/α-hetero) is 1. The average molecular weight is 166 g/mol. The summed E-state index contributed by atoms with van der Waals surface area (Å²) >= 11 is 0. The SMILES string of the molecule is COC1=CC(=O)C=C(C=O)C1=O. The number of hydrogen-bond donors (Lipinski definition) is 0. The van der Waals surface area contributed by atoms with Crippen molar-refractivity contribution in [2.75, 3.05) is 7.11 Å². The van der Waals surface area contributed by atoms with Gasteiger partial charge in [-0.15, -0.1) is 0 Å². The molecule has 1 rings (SSSR count). The van der Waals surface area contributed by atoms with Gasteiger partial charge in [0, 0.05) is 12.2 Å². The molecule has 0 unspecified atom stereocenters. The van der Waals surface area contributed by atoms with Gasteiger partial charge in [0.1, 0.15) is 0 Å². The van der Waals surface area contributed by atoms with E-state index in [1.807, 2.05) is 0 Å². The Labute approximate surface area is 68.5 Å². The summed E-state index contributed by atoms with van der Waals surface area (Å²) in [6.45, 7) is 0. The second kappa shape index (κ2) is 3.13. The molecule has 0 heterocycles. The van der Waals surface area contributed by atoms with E-state index in [0.29, 0.717) is 6.29 Å². The van der Waals surface area contributed by atoms with Crippen LogP contribution in [-0.4, -0.2) is 25.0 Å². The number of hydrogen-bond acceptors (Lipinski definition) is 4. The van der Waals surface area contributed by atoms with Crippen LogP contribution < -0.4 is 0 Å². The molecule has 0 amide bonds. The number of carbonyl (C=O) groups excluding carboxylic acids is 3. The van der Waals surface area contributed by atoms with Crippen LogP contribution in [-0.2, 0) is 19.1 Å². The van der Waals surface area contributed by atoms with Crippen molar-refractivity contribution in [3.05, 3.63) is 23.5 Å². The van der Waals surface area contributed by atoms with Crippen LogP contribution in [0.15, 0.2) is 23.5 Å². The number of ketones is 2. The topological polar surface area (TPSA) is 60.4 Å². The second-order valence-corrected chi connectivity index (χ2v) is 2.16. The fourth-order valence-electron chi connectivity index (χ4n) is 0.837. The molecule has 0 saturated heterocycles.